The number of hydrogen-bond donors (Lipinski definition) is 1. The van der Waals surface area contributed by atoms with Crippen molar-refractivity contribution >= 4 is 72.7 Å². The molecule has 9 heteroatoms. The minimum atomic E-state index is -1.34. The van der Waals surface area contributed by atoms with Crippen LogP contribution in [0.5, 0.6) is 0 Å². The number of fused-ring (bicyclic) bond motifs is 4. The third kappa shape index (κ3) is 10.3. The van der Waals surface area contributed by atoms with Gasteiger partial charge in [0.05, 0.1) is 22.1 Å². The standard InChI is InChI=1S/C62H60N4O5/c1-3-5-7-9-11-19-35-64-55-32-27-44(43-25-29-49(30-26-43)66(47-21-15-13-16-22-47)48-23-17-14-18-24-48)38-51(55)60(67)53-40-58-54(41-57(53)64)61(68)52-39-45(59-34-31-50(71-59)37-46(42-63)62(69)70)28-33-56(52)65(58)36-20-12-10-8-6-4-2/h13-18,21-34,37-41H,3-12,19-20,35-36H2,1-2H3,(H,69,70)/b46-37-. The number of aliphatic carboxylic acids is 1. The number of nitrogens with zero attached hydrogens (tertiary/aromatic N) is 4. The molecular formula is C62H60N4O5. The number of carbonyl (C=O) groups is 1. The fourth-order valence-corrected chi connectivity index (χ4v) is 10.0. The first-order valence-corrected chi connectivity index (χ1v) is 25.3. The molecule has 0 aliphatic carbocycles. The first kappa shape index (κ1) is 48.1. The van der Waals surface area contributed by atoms with E-state index in [0.29, 0.717) is 46.0 Å². The van der Waals surface area contributed by atoms with Crippen molar-refractivity contribution in [3.05, 3.63) is 177 Å². The van der Waals surface area contributed by atoms with Crippen LogP contribution in [0.15, 0.2) is 165 Å². The summed E-state index contributed by atoms with van der Waals surface area (Å²) in [7, 11) is 0. The van der Waals surface area contributed by atoms with Gasteiger partial charge in [0.1, 0.15) is 23.2 Å². The third-order valence-electron chi connectivity index (χ3n) is 13.8. The summed E-state index contributed by atoms with van der Waals surface area (Å²) in [4.78, 5) is 43.9. The Morgan fingerprint density at radius 2 is 0.986 bits per heavy atom. The third-order valence-corrected chi connectivity index (χ3v) is 13.8. The van der Waals surface area contributed by atoms with Gasteiger partial charge in [-0.2, -0.15) is 5.26 Å². The van der Waals surface area contributed by atoms with Gasteiger partial charge in [-0.3, -0.25) is 9.59 Å². The van der Waals surface area contributed by atoms with E-state index >= 15 is 4.79 Å². The Balaban J connectivity index is 1.18. The van der Waals surface area contributed by atoms with Crippen molar-refractivity contribution in [2.75, 3.05) is 4.90 Å². The molecule has 0 saturated carbocycles. The topological polar surface area (TPSA) is 121 Å². The number of anilines is 3. The van der Waals surface area contributed by atoms with Crippen LogP contribution in [0.2, 0.25) is 0 Å². The summed E-state index contributed by atoms with van der Waals surface area (Å²) in [6.45, 7) is 5.80. The van der Waals surface area contributed by atoms with Gasteiger partial charge in [0.2, 0.25) is 0 Å². The second-order valence-electron chi connectivity index (χ2n) is 18.6. The Morgan fingerprint density at radius 1 is 0.535 bits per heavy atom. The van der Waals surface area contributed by atoms with E-state index in [1.807, 2.05) is 72.8 Å². The SMILES string of the molecule is CCCCCCCCn1c2ccc(-c3ccc(N(c4ccccc4)c4ccccc4)cc3)cc2c(=O)c2cc3c(cc21)c(=O)c1cc(-c2ccc(/C=C(/C#N)C(=O)O)o2)ccc1n3CCCCCCCC. The molecule has 3 aromatic heterocycles. The summed E-state index contributed by atoms with van der Waals surface area (Å²) >= 11 is 0. The lowest BCUT2D eigenvalue weighted by Crippen LogP contribution is -2.16. The number of aryl methyl sites for hydroxylation is 2. The van der Waals surface area contributed by atoms with Gasteiger partial charge in [-0.15, -0.1) is 0 Å². The minimum Gasteiger partial charge on any atom is -0.477 e. The van der Waals surface area contributed by atoms with E-state index in [9.17, 15) is 20.0 Å². The van der Waals surface area contributed by atoms with Crippen LogP contribution in [0.4, 0.5) is 17.1 Å². The zero-order chi connectivity index (χ0) is 49.3. The summed E-state index contributed by atoms with van der Waals surface area (Å²) in [5, 5.41) is 21.0. The maximum absolute atomic E-state index is 15.1. The number of nitriles is 1. The average Bonchev–Trinajstić information content (AvgIpc) is 3.88. The van der Waals surface area contributed by atoms with E-state index in [1.54, 1.807) is 18.2 Å². The van der Waals surface area contributed by atoms with Gasteiger partial charge < -0.3 is 23.6 Å². The van der Waals surface area contributed by atoms with Crippen molar-refractivity contribution in [1.82, 2.24) is 9.13 Å². The summed E-state index contributed by atoms with van der Waals surface area (Å²) in [6, 6.07) is 50.1. The predicted octanol–water partition coefficient (Wildman–Crippen LogP) is 15.7. The molecule has 9 aromatic rings. The fraction of sp³-hybridized carbons (Fsp3) is 0.258. The monoisotopic (exact) mass is 940 g/mol. The van der Waals surface area contributed by atoms with Crippen LogP contribution in [0, 0.1) is 11.3 Å². The minimum absolute atomic E-state index is 0.0620. The largest absolute Gasteiger partial charge is 0.477 e. The van der Waals surface area contributed by atoms with Crippen LogP contribution in [-0.4, -0.2) is 20.2 Å². The van der Waals surface area contributed by atoms with E-state index < -0.39 is 11.5 Å². The number of para-hydroxylation sites is 2. The first-order valence-electron chi connectivity index (χ1n) is 25.3. The van der Waals surface area contributed by atoms with Crippen molar-refractivity contribution in [1.29, 1.82) is 5.26 Å². The van der Waals surface area contributed by atoms with E-state index in [1.165, 1.54) is 38.2 Å². The Hall–Kier alpha value is -7.96. The molecule has 0 fully saturated rings. The predicted molar refractivity (Wildman–Crippen MR) is 291 cm³/mol. The molecular weight excluding hydrogens is 881 g/mol. The summed E-state index contributed by atoms with van der Waals surface area (Å²) < 4.78 is 10.5. The second-order valence-corrected chi connectivity index (χ2v) is 18.6. The van der Waals surface area contributed by atoms with Crippen molar-refractivity contribution in [2.45, 2.75) is 104 Å². The highest BCUT2D eigenvalue weighted by Gasteiger charge is 2.20. The van der Waals surface area contributed by atoms with Crippen molar-refractivity contribution in [2.24, 2.45) is 0 Å². The molecule has 3 heterocycles. The molecule has 0 saturated heterocycles. The highest BCUT2D eigenvalue weighted by atomic mass is 16.4. The normalized spacial score (nSPS) is 11.8. The molecule has 0 bridgehead atoms. The van der Waals surface area contributed by atoms with E-state index in [2.05, 4.69) is 88.5 Å². The van der Waals surface area contributed by atoms with Gasteiger partial charge in [-0.05, 0) is 115 Å². The number of benzene rings is 6. The van der Waals surface area contributed by atoms with Gasteiger partial charge in [0.25, 0.3) is 0 Å². The molecule has 0 radical (unpaired) electrons. The molecule has 0 unspecified atom stereocenters. The highest BCUT2D eigenvalue weighted by molar-refractivity contribution is 6.05. The Bertz CT molecular complexity index is 3500. The van der Waals surface area contributed by atoms with Gasteiger partial charge >= 0.3 is 5.97 Å². The molecule has 9 nitrogen and oxygen atoms in total. The Morgan fingerprint density at radius 3 is 1.49 bits per heavy atom. The Kier molecular flexibility index (Phi) is 15.0. The molecule has 0 spiro atoms. The molecule has 358 valence electrons. The lowest BCUT2D eigenvalue weighted by Gasteiger charge is -2.25. The van der Waals surface area contributed by atoms with Gasteiger partial charge in [0, 0.05) is 63.3 Å². The number of aromatic nitrogens is 2. The molecule has 6 aromatic carbocycles. The number of carboxylic acid groups (broad SMARTS) is 1. The van der Waals surface area contributed by atoms with Crippen LogP contribution in [-0.2, 0) is 17.9 Å². The van der Waals surface area contributed by atoms with Crippen molar-refractivity contribution in [3.63, 3.8) is 0 Å². The van der Waals surface area contributed by atoms with E-state index in [-0.39, 0.29) is 16.6 Å². The molecule has 0 aliphatic heterocycles. The second kappa shape index (κ2) is 22.2. The van der Waals surface area contributed by atoms with Crippen molar-refractivity contribution in [3.8, 4) is 28.5 Å². The van der Waals surface area contributed by atoms with E-state index in [0.717, 1.165) is 95.2 Å². The number of carboxylic acids is 1. The Labute approximate surface area is 414 Å². The maximum atomic E-state index is 15.1. The molecule has 1 N–H and O–H groups in total. The fourth-order valence-electron chi connectivity index (χ4n) is 10.0. The number of hydrogen-bond acceptors (Lipinski definition) is 6. The number of unbranched alkanes of at least 4 members (excludes halogenated alkanes) is 10. The lowest BCUT2D eigenvalue weighted by molar-refractivity contribution is -0.132. The van der Waals surface area contributed by atoms with Crippen LogP contribution in [0.1, 0.15) is 96.7 Å². The van der Waals surface area contributed by atoms with Crippen molar-refractivity contribution < 1.29 is 14.3 Å². The summed E-state index contributed by atoms with van der Waals surface area (Å²) in [6.07, 6.45) is 14.5. The van der Waals surface area contributed by atoms with Crippen LogP contribution in [0.3, 0.4) is 0 Å². The maximum Gasteiger partial charge on any atom is 0.346 e. The number of furan rings is 1. The van der Waals surface area contributed by atoms with E-state index in [4.69, 9.17) is 4.42 Å². The summed E-state index contributed by atoms with van der Waals surface area (Å²) in [5.41, 5.74) is 8.19. The highest BCUT2D eigenvalue weighted by Crippen LogP contribution is 2.37. The molecule has 0 atom stereocenters. The number of pyridine rings is 2. The van der Waals surface area contributed by atoms with Gasteiger partial charge in [-0.25, -0.2) is 4.79 Å². The molecule has 9 rings (SSSR count). The van der Waals surface area contributed by atoms with Crippen LogP contribution >= 0.6 is 0 Å². The molecule has 71 heavy (non-hydrogen) atoms. The van der Waals surface area contributed by atoms with Gasteiger partial charge in [-0.1, -0.05) is 133 Å². The zero-order valence-corrected chi connectivity index (χ0v) is 40.7. The van der Waals surface area contributed by atoms with Gasteiger partial charge in [0.15, 0.2) is 10.9 Å². The lowest BCUT2D eigenvalue weighted by atomic mass is 9.99. The first-order chi connectivity index (χ1) is 34.8. The quantitative estimate of drug-likeness (QED) is 0.0329. The zero-order valence-electron chi connectivity index (χ0n) is 40.7. The molecule has 0 aliphatic rings. The molecule has 0 amide bonds. The summed E-state index contributed by atoms with van der Waals surface area (Å²) in [5.74, 6) is -0.676. The number of rotatable bonds is 21. The van der Waals surface area contributed by atoms with Crippen LogP contribution < -0.4 is 15.8 Å². The average molecular weight is 941 g/mol. The van der Waals surface area contributed by atoms with Crippen LogP contribution in [0.25, 0.3) is 72.1 Å². The smallest absolute Gasteiger partial charge is 0.346 e.